The van der Waals surface area contributed by atoms with Crippen molar-refractivity contribution in [2.75, 3.05) is 33.2 Å². The molecule has 1 fully saturated rings. The predicted octanol–water partition coefficient (Wildman–Crippen LogP) is 2.09. The van der Waals surface area contributed by atoms with Crippen LogP contribution in [-0.2, 0) is 6.42 Å². The van der Waals surface area contributed by atoms with Crippen molar-refractivity contribution in [1.82, 2.24) is 9.80 Å². The summed E-state index contributed by atoms with van der Waals surface area (Å²) in [7, 11) is 2.16. The molecule has 1 saturated heterocycles. The van der Waals surface area contributed by atoms with E-state index >= 15 is 0 Å². The predicted molar refractivity (Wildman–Crippen MR) is 69.2 cm³/mol. The minimum Gasteiger partial charge on any atom is -0.303 e. The fourth-order valence-electron chi connectivity index (χ4n) is 2.90. The minimum atomic E-state index is -0.101. The first kappa shape index (κ1) is 12.8. The van der Waals surface area contributed by atoms with Gasteiger partial charge in [0.25, 0.3) is 0 Å². The molecule has 1 unspecified atom stereocenters. The Morgan fingerprint density at radius 2 is 2.06 bits per heavy atom. The molecule has 94 valence electrons. The monoisotopic (exact) mass is 256 g/mol. The first-order valence-corrected chi connectivity index (χ1v) is 5.95. The molecule has 0 aliphatic carbocycles. The van der Waals surface area contributed by atoms with Gasteiger partial charge >= 0.3 is 0 Å². The first-order chi connectivity index (χ1) is 7.74. The third kappa shape index (κ3) is 2.32. The highest BCUT2D eigenvalue weighted by molar-refractivity contribution is 5.85. The molecule has 2 aliphatic heterocycles. The Kier molecular flexibility index (Phi) is 3.71. The van der Waals surface area contributed by atoms with Crippen molar-refractivity contribution in [1.29, 1.82) is 0 Å². The van der Waals surface area contributed by atoms with Crippen LogP contribution in [-0.4, -0.2) is 43.0 Å². The van der Waals surface area contributed by atoms with Gasteiger partial charge in [-0.15, -0.1) is 12.4 Å². The van der Waals surface area contributed by atoms with Crippen molar-refractivity contribution < 1.29 is 4.39 Å². The second-order valence-corrected chi connectivity index (χ2v) is 4.91. The Morgan fingerprint density at radius 1 is 1.24 bits per heavy atom. The number of benzene rings is 1. The van der Waals surface area contributed by atoms with Crippen LogP contribution in [0, 0.1) is 5.82 Å². The van der Waals surface area contributed by atoms with E-state index in [0.29, 0.717) is 6.04 Å². The fraction of sp³-hybridized carbons (Fsp3) is 0.538. The number of likely N-dealkylation sites (N-methyl/N-ethyl adjacent to an activating group) is 1. The van der Waals surface area contributed by atoms with E-state index in [1.807, 2.05) is 6.07 Å². The van der Waals surface area contributed by atoms with Gasteiger partial charge in [0, 0.05) is 32.2 Å². The SMILES string of the molecule is CN1CCN2CCc3cc(F)ccc3C2C1.Cl. The van der Waals surface area contributed by atoms with E-state index < -0.39 is 0 Å². The lowest BCUT2D eigenvalue weighted by molar-refractivity contribution is 0.0824. The molecule has 1 atom stereocenters. The number of hydrogen-bond acceptors (Lipinski definition) is 2. The van der Waals surface area contributed by atoms with E-state index in [9.17, 15) is 4.39 Å². The maximum atomic E-state index is 13.2. The van der Waals surface area contributed by atoms with Crippen molar-refractivity contribution in [3.05, 3.63) is 35.1 Å². The standard InChI is InChI=1S/C13H17FN2.ClH/c1-15-6-7-16-5-4-10-8-11(14)2-3-12(10)13(16)9-15;/h2-3,8,13H,4-7,9H2,1H3;1H. The van der Waals surface area contributed by atoms with Crippen LogP contribution < -0.4 is 0 Å². The Bertz CT molecular complexity index is 410. The second-order valence-electron chi connectivity index (χ2n) is 4.91. The van der Waals surface area contributed by atoms with Gasteiger partial charge in [0.2, 0.25) is 0 Å². The summed E-state index contributed by atoms with van der Waals surface area (Å²) in [6, 6.07) is 5.75. The molecule has 1 aromatic rings. The van der Waals surface area contributed by atoms with E-state index in [1.54, 1.807) is 12.1 Å². The lowest BCUT2D eigenvalue weighted by atomic mass is 9.91. The second kappa shape index (κ2) is 4.92. The van der Waals surface area contributed by atoms with Gasteiger partial charge < -0.3 is 4.90 Å². The van der Waals surface area contributed by atoms with Gasteiger partial charge in [0.1, 0.15) is 5.82 Å². The third-order valence-electron chi connectivity index (χ3n) is 3.83. The molecule has 2 aliphatic rings. The van der Waals surface area contributed by atoms with Gasteiger partial charge in [0.15, 0.2) is 0 Å². The quantitative estimate of drug-likeness (QED) is 0.701. The van der Waals surface area contributed by atoms with Gasteiger partial charge in [-0.1, -0.05) is 6.07 Å². The largest absolute Gasteiger partial charge is 0.303 e. The molecule has 0 N–H and O–H groups in total. The van der Waals surface area contributed by atoms with E-state index in [1.165, 1.54) is 11.1 Å². The number of piperazine rings is 1. The molecule has 0 aromatic heterocycles. The molecule has 0 spiro atoms. The Hall–Kier alpha value is -0.640. The zero-order valence-corrected chi connectivity index (χ0v) is 10.8. The van der Waals surface area contributed by atoms with Gasteiger partial charge in [-0.25, -0.2) is 4.39 Å². The normalized spacial score (nSPS) is 24.7. The number of hydrogen-bond donors (Lipinski definition) is 0. The van der Waals surface area contributed by atoms with Crippen LogP contribution in [0.1, 0.15) is 17.2 Å². The topological polar surface area (TPSA) is 6.48 Å². The smallest absolute Gasteiger partial charge is 0.123 e. The van der Waals surface area contributed by atoms with Gasteiger partial charge in [0.05, 0.1) is 0 Å². The molecule has 17 heavy (non-hydrogen) atoms. The summed E-state index contributed by atoms with van der Waals surface area (Å²) >= 11 is 0. The van der Waals surface area contributed by atoms with Gasteiger partial charge in [-0.2, -0.15) is 0 Å². The Morgan fingerprint density at radius 3 is 2.88 bits per heavy atom. The van der Waals surface area contributed by atoms with Crippen LogP contribution in [0.5, 0.6) is 0 Å². The molecule has 2 heterocycles. The molecule has 2 nitrogen and oxygen atoms in total. The molecule has 0 bridgehead atoms. The summed E-state index contributed by atoms with van der Waals surface area (Å²) in [5.41, 5.74) is 2.54. The molecule has 1 aromatic carbocycles. The Labute approximate surface area is 108 Å². The van der Waals surface area contributed by atoms with Gasteiger partial charge in [-0.05, 0) is 36.7 Å². The van der Waals surface area contributed by atoms with Crippen molar-refractivity contribution in [2.24, 2.45) is 0 Å². The average molecular weight is 257 g/mol. The van der Waals surface area contributed by atoms with Crippen LogP contribution in [0.15, 0.2) is 18.2 Å². The summed E-state index contributed by atoms with van der Waals surface area (Å²) in [6.45, 7) is 4.43. The highest BCUT2D eigenvalue weighted by Gasteiger charge is 2.31. The number of rotatable bonds is 0. The molecule has 3 rings (SSSR count). The molecular weight excluding hydrogens is 239 g/mol. The molecule has 0 saturated carbocycles. The minimum absolute atomic E-state index is 0. The maximum absolute atomic E-state index is 13.2. The van der Waals surface area contributed by atoms with E-state index in [4.69, 9.17) is 0 Å². The van der Waals surface area contributed by atoms with Crippen LogP contribution in [0.25, 0.3) is 0 Å². The molecule has 0 amide bonds. The summed E-state index contributed by atoms with van der Waals surface area (Å²) in [5.74, 6) is -0.101. The molecule has 0 radical (unpaired) electrons. The van der Waals surface area contributed by atoms with E-state index in [0.717, 1.165) is 32.6 Å². The molecule has 4 heteroatoms. The van der Waals surface area contributed by atoms with E-state index in [-0.39, 0.29) is 18.2 Å². The van der Waals surface area contributed by atoms with E-state index in [2.05, 4.69) is 16.8 Å². The average Bonchev–Trinajstić information content (AvgIpc) is 2.28. The third-order valence-corrected chi connectivity index (χ3v) is 3.83. The highest BCUT2D eigenvalue weighted by Crippen LogP contribution is 2.32. The van der Waals surface area contributed by atoms with Crippen LogP contribution >= 0.6 is 12.4 Å². The number of halogens is 2. The van der Waals surface area contributed by atoms with Crippen LogP contribution in [0.4, 0.5) is 4.39 Å². The van der Waals surface area contributed by atoms with Crippen molar-refractivity contribution in [3.63, 3.8) is 0 Å². The first-order valence-electron chi connectivity index (χ1n) is 5.95. The summed E-state index contributed by atoms with van der Waals surface area (Å²) < 4.78 is 13.2. The lowest BCUT2D eigenvalue weighted by Gasteiger charge is -2.43. The van der Waals surface area contributed by atoms with Crippen LogP contribution in [0.2, 0.25) is 0 Å². The summed E-state index contributed by atoms with van der Waals surface area (Å²) in [5, 5.41) is 0. The lowest BCUT2D eigenvalue weighted by Crippen LogP contribution is -2.49. The van der Waals surface area contributed by atoms with Crippen LogP contribution in [0.3, 0.4) is 0 Å². The molecular formula is C13H18ClFN2. The van der Waals surface area contributed by atoms with Crippen molar-refractivity contribution in [3.8, 4) is 0 Å². The number of nitrogens with zero attached hydrogens (tertiary/aromatic N) is 2. The number of fused-ring (bicyclic) bond motifs is 3. The van der Waals surface area contributed by atoms with Crippen molar-refractivity contribution in [2.45, 2.75) is 12.5 Å². The zero-order chi connectivity index (χ0) is 11.1. The Balaban J connectivity index is 0.00000108. The zero-order valence-electron chi connectivity index (χ0n) is 10.0. The van der Waals surface area contributed by atoms with Crippen molar-refractivity contribution >= 4 is 12.4 Å². The summed E-state index contributed by atoms with van der Waals surface area (Å²) in [4.78, 5) is 4.89. The van der Waals surface area contributed by atoms with Gasteiger partial charge in [-0.3, -0.25) is 4.90 Å². The summed E-state index contributed by atoms with van der Waals surface area (Å²) in [6.07, 6.45) is 0.993. The highest BCUT2D eigenvalue weighted by atomic mass is 35.5. The maximum Gasteiger partial charge on any atom is 0.123 e. The fourth-order valence-corrected chi connectivity index (χ4v) is 2.90.